The van der Waals surface area contributed by atoms with Gasteiger partial charge in [0, 0.05) is 67.4 Å². The van der Waals surface area contributed by atoms with Crippen molar-refractivity contribution in [2.75, 3.05) is 0 Å². The van der Waals surface area contributed by atoms with E-state index in [2.05, 4.69) is 146 Å². The van der Waals surface area contributed by atoms with Crippen molar-refractivity contribution >= 4 is 11.5 Å². The summed E-state index contributed by atoms with van der Waals surface area (Å²) in [5.41, 5.74) is 23.6. The molecule has 4 heterocycles. The Kier molecular flexibility index (Phi) is 30.5. The Morgan fingerprint density at radius 2 is 0.649 bits per heavy atom. The summed E-state index contributed by atoms with van der Waals surface area (Å²) in [6.45, 7) is 15.1. The van der Waals surface area contributed by atoms with Gasteiger partial charge in [-0.1, -0.05) is 278 Å². The van der Waals surface area contributed by atoms with Crippen LogP contribution < -0.4 is 0 Å². The summed E-state index contributed by atoms with van der Waals surface area (Å²) in [6, 6.07) is 59.4. The molecule has 11 rings (SSSR count). The zero-order valence-electron chi connectivity index (χ0n) is 59.8. The molecule has 7 heteroatoms. The maximum Gasteiger partial charge on any atom is 0.156 e. The molecule has 0 saturated carbocycles. The second-order valence-corrected chi connectivity index (χ2v) is 27.6. The molecule has 5 aromatic carbocycles. The van der Waals surface area contributed by atoms with Crippen LogP contribution in [0.4, 0.5) is 0 Å². The molecule has 4 aromatic heterocycles. The van der Waals surface area contributed by atoms with Crippen molar-refractivity contribution in [3.8, 4) is 67.3 Å². The first-order valence-electron chi connectivity index (χ1n) is 37.3. The van der Waals surface area contributed by atoms with E-state index in [-0.39, 0.29) is 42.5 Å². The van der Waals surface area contributed by atoms with Crippen LogP contribution in [0.25, 0.3) is 73.0 Å². The van der Waals surface area contributed by atoms with Crippen molar-refractivity contribution < 1.29 is 30.0 Å². The normalized spacial score (nSPS) is 12.8. The number of benzene rings is 5. The number of rotatable bonds is 34. The van der Waals surface area contributed by atoms with Crippen LogP contribution in [-0.4, -0.2) is 30.8 Å². The second-order valence-electron chi connectivity index (χ2n) is 27.6. The van der Waals surface area contributed by atoms with Gasteiger partial charge in [-0.25, -0.2) is 0 Å². The van der Waals surface area contributed by atoms with Gasteiger partial charge in [0.25, 0.3) is 0 Å². The number of aryl methyl sites for hydroxylation is 2. The average Bonchev–Trinajstić information content (AvgIpc) is 1.58. The maximum absolute atomic E-state index is 12.1. The van der Waals surface area contributed by atoms with E-state index in [9.17, 15) is 9.90 Å². The topological polar surface area (TPSA) is 88.9 Å². The zero-order valence-corrected chi connectivity index (χ0v) is 62.1. The van der Waals surface area contributed by atoms with Crippen molar-refractivity contribution in [3.05, 3.63) is 234 Å². The molecular formula is C90H110IrN4O2. The number of hydrogen-bond acceptors (Lipinski definition) is 6. The Morgan fingerprint density at radius 3 is 0.959 bits per heavy atom. The van der Waals surface area contributed by atoms with E-state index < -0.39 is 0 Å². The molecule has 511 valence electrons. The van der Waals surface area contributed by atoms with E-state index in [1.165, 1.54) is 236 Å². The summed E-state index contributed by atoms with van der Waals surface area (Å²) in [4.78, 5) is 28.8. The quantitative estimate of drug-likeness (QED) is 0.0246. The van der Waals surface area contributed by atoms with Crippen LogP contribution in [0, 0.1) is 13.8 Å². The van der Waals surface area contributed by atoms with E-state index in [0.717, 1.165) is 52.3 Å². The summed E-state index contributed by atoms with van der Waals surface area (Å²) in [7, 11) is 0. The molecule has 0 bridgehead atoms. The van der Waals surface area contributed by atoms with Crippen LogP contribution in [0.2, 0.25) is 0 Å². The number of aliphatic hydroxyl groups is 1. The van der Waals surface area contributed by atoms with Gasteiger partial charge >= 0.3 is 0 Å². The fourth-order valence-electron chi connectivity index (χ4n) is 15.2. The Bertz CT molecular complexity index is 3680. The number of fused-ring (bicyclic) bond motifs is 6. The predicted octanol–water partition coefficient (Wildman–Crippen LogP) is 25.9. The first-order valence-corrected chi connectivity index (χ1v) is 37.3. The molecule has 0 spiro atoms. The Labute approximate surface area is 597 Å². The van der Waals surface area contributed by atoms with Crippen LogP contribution in [0.1, 0.15) is 253 Å². The molecule has 2 aliphatic carbocycles. The van der Waals surface area contributed by atoms with Gasteiger partial charge in [0.05, 0.1) is 22.8 Å². The third kappa shape index (κ3) is 20.1. The molecule has 97 heavy (non-hydrogen) atoms. The molecule has 0 amide bonds. The number of carbonyl (C=O) groups excluding carboxylic acids is 1. The molecule has 0 atom stereocenters. The van der Waals surface area contributed by atoms with Crippen molar-refractivity contribution in [3.63, 3.8) is 0 Å². The smallest absolute Gasteiger partial charge is 0.156 e. The first kappa shape index (κ1) is 75.3. The number of aliphatic hydroxyl groups excluding tert-OH is 1. The van der Waals surface area contributed by atoms with E-state index >= 15 is 0 Å². The van der Waals surface area contributed by atoms with Crippen LogP contribution in [0.15, 0.2) is 195 Å². The molecular weight excluding hydrogens is 1360 g/mol. The minimum absolute atomic E-state index is 0. The number of ketones is 1. The molecule has 0 fully saturated rings. The van der Waals surface area contributed by atoms with Crippen LogP contribution in [0.5, 0.6) is 0 Å². The molecule has 0 unspecified atom stereocenters. The summed E-state index contributed by atoms with van der Waals surface area (Å²) < 4.78 is 0. The average molecular weight is 1470 g/mol. The summed E-state index contributed by atoms with van der Waals surface area (Å²) in [5, 5.41) is 11.1. The molecule has 0 aliphatic heterocycles. The number of hydrogen-bond donors (Lipinski definition) is 1. The summed E-state index contributed by atoms with van der Waals surface area (Å²) in [5.74, 6) is -0.113. The molecule has 1 radical (unpaired) electrons. The van der Waals surface area contributed by atoms with E-state index in [1.807, 2.05) is 79.7 Å². The van der Waals surface area contributed by atoms with Crippen molar-refractivity contribution in [2.24, 2.45) is 0 Å². The van der Waals surface area contributed by atoms with Crippen molar-refractivity contribution in [1.82, 2.24) is 19.9 Å². The van der Waals surface area contributed by atoms with Gasteiger partial charge in [-0.2, -0.15) is 0 Å². The fourth-order valence-corrected chi connectivity index (χ4v) is 15.2. The summed E-state index contributed by atoms with van der Waals surface area (Å²) >= 11 is 0. The van der Waals surface area contributed by atoms with E-state index in [1.54, 1.807) is 35.9 Å². The van der Waals surface area contributed by atoms with E-state index in [0.29, 0.717) is 0 Å². The monoisotopic (exact) mass is 1470 g/mol. The number of aromatic nitrogens is 4. The van der Waals surface area contributed by atoms with Crippen LogP contribution in [-0.2, 0) is 35.7 Å². The molecule has 6 nitrogen and oxygen atoms in total. The minimum Gasteiger partial charge on any atom is -0.507 e. The van der Waals surface area contributed by atoms with Gasteiger partial charge < -0.3 is 5.11 Å². The second kappa shape index (κ2) is 39.2. The van der Waals surface area contributed by atoms with Crippen molar-refractivity contribution in [2.45, 2.75) is 239 Å². The Balaban J connectivity index is 0.000000396. The zero-order chi connectivity index (χ0) is 67.4. The number of pyridine rings is 4. The largest absolute Gasteiger partial charge is 0.507 e. The number of allylic oxidation sites excluding steroid dienone is 1. The number of nitrogens with zero attached hydrogens (tertiary/aromatic N) is 4. The summed E-state index contributed by atoms with van der Waals surface area (Å²) in [6.07, 6.45) is 44.6. The minimum atomic E-state index is -0.151. The van der Waals surface area contributed by atoms with Crippen LogP contribution >= 0.6 is 0 Å². The third-order valence-electron chi connectivity index (χ3n) is 20.4. The molecule has 1 N–H and O–H groups in total. The Morgan fingerprint density at radius 1 is 0.361 bits per heavy atom. The fraction of sp³-hybridized carbons (Fsp3) is 0.411. The van der Waals surface area contributed by atoms with E-state index in [4.69, 9.17) is 0 Å². The van der Waals surface area contributed by atoms with Gasteiger partial charge in [-0.3, -0.25) is 24.7 Å². The standard InChI is InChI=1S/C70H94O2.2C10H8N2.Ir/c1-8-12-16-20-24-28-42-69(43-29-25-21-17-13-9-2)64-46-52(5)32-38-59(64)60-40-36-57(50-65(60)69)58-37-41-62-61-39-35-56(55-34-33-53(6)63(48-55)68(72)47-54(7)71)49-66(61)70(67(62)51-58,44-30-26-22-18-14-10-3)45-31-27-23-19-15-11-4;2*1-3-7-11-9(5-1)10-6-2-4-8-12-10;/h32-41,46-51,72H,8-31,42-45H2,1-7H3;2*1-8H;/b68-47-;;;. The van der Waals surface area contributed by atoms with Gasteiger partial charge in [0.15, 0.2) is 5.78 Å². The van der Waals surface area contributed by atoms with Gasteiger partial charge in [0.2, 0.25) is 0 Å². The van der Waals surface area contributed by atoms with Crippen LogP contribution in [0.3, 0.4) is 0 Å². The van der Waals surface area contributed by atoms with Gasteiger partial charge in [0.1, 0.15) is 5.76 Å². The first-order chi connectivity index (χ1) is 47.0. The predicted molar refractivity (Wildman–Crippen MR) is 407 cm³/mol. The Hall–Kier alpha value is -7.44. The molecule has 0 saturated heterocycles. The number of unbranched alkanes of at least 4 members (excludes halogenated alkanes) is 20. The third-order valence-corrected chi connectivity index (χ3v) is 20.4. The maximum atomic E-state index is 12.1. The SMILES string of the molecule is CCCCCCCCC1(CCCCCCCC)c2cc(C)ccc2-c2ccc(-c3ccc4c(c3)C(CCCCCCCC)(CCCCCCCC)c3cc(-c5ccc(C)c(/C(O)=C/C(C)=O)c5)ccc3-4)cc21.[Ir].c1ccc(-c2ccccn2)nc1.c1ccc(-c2ccccn2)nc1. The molecule has 9 aromatic rings. The van der Waals surface area contributed by atoms with Gasteiger partial charge in [-0.15, -0.1) is 0 Å². The van der Waals surface area contributed by atoms with Crippen molar-refractivity contribution in [1.29, 1.82) is 0 Å². The van der Waals surface area contributed by atoms with Gasteiger partial charge in [-0.05, 0) is 192 Å². The molecule has 2 aliphatic rings. The number of carbonyl (C=O) groups is 1.